The summed E-state index contributed by atoms with van der Waals surface area (Å²) < 4.78 is 51.0. The first-order valence-corrected chi connectivity index (χ1v) is 3.11. The van der Waals surface area contributed by atoms with Crippen LogP contribution in [-0.4, -0.2) is 36.8 Å². The average molecular weight is 189 g/mol. The van der Waals surface area contributed by atoms with Crippen molar-refractivity contribution < 1.29 is 27.4 Å². The van der Waals surface area contributed by atoms with Gasteiger partial charge in [0.1, 0.15) is 6.61 Å². The standard InChI is InChI=1S/C6H9F4O2/c1-4(11)2-12-3-6(9,10)5(7)8/h4-5,11H,1-3H2. The number of hydrogen-bond donors (Lipinski definition) is 1. The molecule has 0 aromatic carbocycles. The van der Waals surface area contributed by atoms with Crippen molar-refractivity contribution >= 4 is 0 Å². The molecule has 0 aliphatic carbocycles. The van der Waals surface area contributed by atoms with E-state index in [0.717, 1.165) is 0 Å². The van der Waals surface area contributed by atoms with Gasteiger partial charge in [-0.05, 0) is 6.92 Å². The maximum atomic E-state index is 12.0. The van der Waals surface area contributed by atoms with Crippen LogP contribution >= 0.6 is 0 Å². The van der Waals surface area contributed by atoms with Crippen molar-refractivity contribution in [1.29, 1.82) is 0 Å². The zero-order chi connectivity index (χ0) is 9.78. The summed E-state index contributed by atoms with van der Waals surface area (Å²) >= 11 is 0. The van der Waals surface area contributed by atoms with Gasteiger partial charge in [-0.2, -0.15) is 8.78 Å². The van der Waals surface area contributed by atoms with E-state index in [1.807, 2.05) is 0 Å². The Balaban J connectivity index is 3.61. The van der Waals surface area contributed by atoms with Crippen molar-refractivity contribution in [2.24, 2.45) is 0 Å². The Morgan fingerprint density at radius 3 is 2.25 bits per heavy atom. The third-order valence-electron chi connectivity index (χ3n) is 0.924. The number of alkyl halides is 4. The summed E-state index contributed by atoms with van der Waals surface area (Å²) in [7, 11) is 0. The van der Waals surface area contributed by atoms with E-state index in [-0.39, 0.29) is 0 Å². The van der Waals surface area contributed by atoms with Crippen LogP contribution in [-0.2, 0) is 4.74 Å². The van der Waals surface area contributed by atoms with Gasteiger partial charge < -0.3 is 9.84 Å². The van der Waals surface area contributed by atoms with Crippen molar-refractivity contribution in [3.8, 4) is 0 Å². The Morgan fingerprint density at radius 2 is 1.92 bits per heavy atom. The number of ether oxygens (including phenoxy) is 1. The molecule has 1 unspecified atom stereocenters. The minimum absolute atomic E-state index is 0.484. The first-order valence-electron chi connectivity index (χ1n) is 3.11. The molecular formula is C6H9F4O2. The molecule has 0 aliphatic heterocycles. The first-order chi connectivity index (χ1) is 5.36. The van der Waals surface area contributed by atoms with Crippen LogP contribution < -0.4 is 0 Å². The largest absolute Gasteiger partial charge is 0.391 e. The van der Waals surface area contributed by atoms with Gasteiger partial charge in [-0.3, -0.25) is 0 Å². The van der Waals surface area contributed by atoms with E-state index < -0.39 is 31.7 Å². The van der Waals surface area contributed by atoms with Crippen LogP contribution in [0.3, 0.4) is 0 Å². The maximum absolute atomic E-state index is 12.0. The monoisotopic (exact) mass is 189 g/mol. The summed E-state index contributed by atoms with van der Waals surface area (Å²) in [6, 6.07) is 0. The predicted octanol–water partition coefficient (Wildman–Crippen LogP) is 1.10. The lowest BCUT2D eigenvalue weighted by Gasteiger charge is -2.15. The summed E-state index contributed by atoms with van der Waals surface area (Å²) in [5, 5.41) is 8.42. The summed E-state index contributed by atoms with van der Waals surface area (Å²) in [5.41, 5.74) is 0. The van der Waals surface area contributed by atoms with Crippen LogP contribution in [0, 0.1) is 6.92 Å². The Kier molecular flexibility index (Phi) is 4.47. The number of halogens is 4. The molecule has 2 nitrogen and oxygen atoms in total. The highest BCUT2D eigenvalue weighted by atomic mass is 19.3. The van der Waals surface area contributed by atoms with Crippen molar-refractivity contribution in [3.05, 3.63) is 6.92 Å². The molecule has 1 radical (unpaired) electrons. The molecule has 0 bridgehead atoms. The molecule has 73 valence electrons. The van der Waals surface area contributed by atoms with E-state index in [1.165, 1.54) is 0 Å². The van der Waals surface area contributed by atoms with Gasteiger partial charge in [0.2, 0.25) is 0 Å². The van der Waals surface area contributed by atoms with E-state index in [0.29, 0.717) is 0 Å². The Morgan fingerprint density at radius 1 is 1.42 bits per heavy atom. The van der Waals surface area contributed by atoms with Crippen LogP contribution in [0.1, 0.15) is 0 Å². The van der Waals surface area contributed by atoms with Gasteiger partial charge in [0, 0.05) is 0 Å². The van der Waals surface area contributed by atoms with Crippen LogP contribution in [0.2, 0.25) is 0 Å². The van der Waals surface area contributed by atoms with Gasteiger partial charge >= 0.3 is 12.3 Å². The molecule has 6 heteroatoms. The quantitative estimate of drug-likeness (QED) is 0.656. The van der Waals surface area contributed by atoms with Crippen LogP contribution in [0.4, 0.5) is 17.6 Å². The molecule has 0 fully saturated rings. The molecule has 0 saturated heterocycles. The molecule has 0 saturated carbocycles. The lowest BCUT2D eigenvalue weighted by Crippen LogP contribution is -2.33. The molecule has 12 heavy (non-hydrogen) atoms. The Hall–Kier alpha value is -0.360. The van der Waals surface area contributed by atoms with Gasteiger partial charge in [-0.25, -0.2) is 8.78 Å². The second-order valence-electron chi connectivity index (χ2n) is 2.23. The molecule has 0 aromatic heterocycles. The Labute approximate surface area is 67.1 Å². The summed E-state index contributed by atoms with van der Waals surface area (Å²) in [6.45, 7) is 1.11. The topological polar surface area (TPSA) is 29.5 Å². The minimum Gasteiger partial charge on any atom is -0.391 e. The molecule has 0 aliphatic rings. The van der Waals surface area contributed by atoms with Gasteiger partial charge in [0.15, 0.2) is 0 Å². The number of rotatable bonds is 5. The molecule has 0 aromatic rings. The number of aliphatic hydroxyl groups excluding tert-OH is 1. The van der Waals surface area contributed by atoms with E-state index in [1.54, 1.807) is 0 Å². The van der Waals surface area contributed by atoms with Gasteiger partial charge in [-0.15, -0.1) is 0 Å². The van der Waals surface area contributed by atoms with E-state index in [4.69, 9.17) is 5.11 Å². The van der Waals surface area contributed by atoms with Crippen LogP contribution in [0.25, 0.3) is 0 Å². The Bertz CT molecular complexity index is 127. The average Bonchev–Trinajstić information content (AvgIpc) is 1.85. The van der Waals surface area contributed by atoms with E-state index in [2.05, 4.69) is 11.7 Å². The highest BCUT2D eigenvalue weighted by molar-refractivity contribution is 4.68. The fourth-order valence-electron chi connectivity index (χ4n) is 0.394. The van der Waals surface area contributed by atoms with Crippen molar-refractivity contribution in [1.82, 2.24) is 0 Å². The number of aliphatic hydroxyl groups is 1. The predicted molar refractivity (Wildman–Crippen MR) is 33.1 cm³/mol. The van der Waals surface area contributed by atoms with Gasteiger partial charge in [0.05, 0.1) is 12.7 Å². The fraction of sp³-hybridized carbons (Fsp3) is 0.833. The lowest BCUT2D eigenvalue weighted by molar-refractivity contribution is -0.169. The summed E-state index contributed by atoms with van der Waals surface area (Å²) in [4.78, 5) is 0. The van der Waals surface area contributed by atoms with E-state index in [9.17, 15) is 17.6 Å². The first kappa shape index (κ1) is 11.6. The summed E-state index contributed by atoms with van der Waals surface area (Å²) in [6.07, 6.45) is -4.93. The molecule has 0 amide bonds. The second-order valence-corrected chi connectivity index (χ2v) is 2.23. The molecule has 0 rings (SSSR count). The molecule has 0 spiro atoms. The van der Waals surface area contributed by atoms with E-state index >= 15 is 0 Å². The highest BCUT2D eigenvalue weighted by Crippen LogP contribution is 2.22. The van der Waals surface area contributed by atoms with Crippen molar-refractivity contribution in [3.63, 3.8) is 0 Å². The molecule has 0 heterocycles. The zero-order valence-corrected chi connectivity index (χ0v) is 6.14. The SMILES string of the molecule is [CH2]C(O)COCC(F)(F)C(F)F. The minimum atomic E-state index is -4.16. The normalized spacial score (nSPS) is 15.2. The summed E-state index contributed by atoms with van der Waals surface area (Å²) in [5.74, 6) is -4.16. The molecule has 1 atom stereocenters. The second kappa shape index (κ2) is 4.61. The highest BCUT2D eigenvalue weighted by Gasteiger charge is 2.40. The third-order valence-corrected chi connectivity index (χ3v) is 0.924. The smallest absolute Gasteiger partial charge is 0.330 e. The molecular weight excluding hydrogens is 180 g/mol. The lowest BCUT2D eigenvalue weighted by atomic mass is 10.4. The van der Waals surface area contributed by atoms with Gasteiger partial charge in [-0.1, -0.05) is 0 Å². The number of hydrogen-bond acceptors (Lipinski definition) is 2. The fourth-order valence-corrected chi connectivity index (χ4v) is 0.394. The maximum Gasteiger partial charge on any atom is 0.330 e. The van der Waals surface area contributed by atoms with Crippen molar-refractivity contribution in [2.45, 2.75) is 18.5 Å². The third kappa shape index (κ3) is 4.50. The van der Waals surface area contributed by atoms with Gasteiger partial charge in [0.25, 0.3) is 0 Å². The zero-order valence-electron chi connectivity index (χ0n) is 6.14. The van der Waals surface area contributed by atoms with Crippen LogP contribution in [0.5, 0.6) is 0 Å². The van der Waals surface area contributed by atoms with Crippen molar-refractivity contribution in [2.75, 3.05) is 13.2 Å². The van der Waals surface area contributed by atoms with Crippen LogP contribution in [0.15, 0.2) is 0 Å². The molecule has 1 N–H and O–H groups in total.